The molecule has 0 aliphatic heterocycles. The summed E-state index contributed by atoms with van der Waals surface area (Å²) in [5.41, 5.74) is 2.50. The lowest BCUT2D eigenvalue weighted by Crippen LogP contribution is -2.30. The van der Waals surface area contributed by atoms with Gasteiger partial charge < -0.3 is 5.32 Å². The quantitative estimate of drug-likeness (QED) is 0.779. The molecule has 1 aromatic heterocycles. The van der Waals surface area contributed by atoms with E-state index in [1.54, 1.807) is 22.8 Å². The zero-order valence-corrected chi connectivity index (χ0v) is 14.8. The van der Waals surface area contributed by atoms with Crippen LogP contribution in [0.5, 0.6) is 0 Å². The van der Waals surface area contributed by atoms with Crippen molar-refractivity contribution in [1.29, 1.82) is 0 Å². The van der Waals surface area contributed by atoms with Gasteiger partial charge in [-0.25, -0.2) is 4.98 Å². The van der Waals surface area contributed by atoms with Crippen LogP contribution in [-0.4, -0.2) is 16.1 Å². The van der Waals surface area contributed by atoms with E-state index in [9.17, 15) is 4.79 Å². The number of fused-ring (bicyclic) bond motifs is 1. The fourth-order valence-electron chi connectivity index (χ4n) is 2.81. The topological polar surface area (TPSA) is 46.9 Å². The number of hydrogen-bond donors (Lipinski definition) is 1. The molecule has 124 valence electrons. The number of benzene rings is 2. The summed E-state index contributed by atoms with van der Waals surface area (Å²) in [4.78, 5) is 17.8. The maximum absolute atomic E-state index is 13.1. The van der Waals surface area contributed by atoms with Crippen LogP contribution in [0.2, 0.25) is 5.02 Å². The summed E-state index contributed by atoms with van der Waals surface area (Å²) in [5.74, 6) is 0.681. The number of nitrogens with zero attached hydrogens (tertiary/aromatic N) is 2. The molecule has 0 saturated heterocycles. The monoisotopic (exact) mass is 341 g/mol. The Balaban J connectivity index is 2.33. The molecule has 1 heterocycles. The Bertz CT molecular complexity index is 932. The molecule has 2 aromatic carbocycles. The van der Waals surface area contributed by atoms with Crippen molar-refractivity contribution >= 4 is 22.5 Å². The van der Waals surface area contributed by atoms with Gasteiger partial charge in [0.2, 0.25) is 0 Å². The minimum absolute atomic E-state index is 0.0626. The lowest BCUT2D eigenvalue weighted by Gasteiger charge is -2.19. The first kappa shape index (κ1) is 16.7. The molecule has 0 radical (unpaired) electrons. The van der Waals surface area contributed by atoms with Crippen LogP contribution in [0.25, 0.3) is 16.6 Å². The summed E-state index contributed by atoms with van der Waals surface area (Å²) in [5, 5.41) is 4.47. The first-order valence-corrected chi connectivity index (χ1v) is 8.41. The highest BCUT2D eigenvalue weighted by molar-refractivity contribution is 6.31. The average Bonchev–Trinajstić information content (AvgIpc) is 2.55. The number of rotatable bonds is 4. The van der Waals surface area contributed by atoms with E-state index in [0.717, 1.165) is 17.8 Å². The number of nitrogens with one attached hydrogen (secondary N) is 1. The van der Waals surface area contributed by atoms with E-state index in [4.69, 9.17) is 16.6 Å². The van der Waals surface area contributed by atoms with Gasteiger partial charge in [0.15, 0.2) is 0 Å². The number of hydrogen-bond acceptors (Lipinski definition) is 3. The van der Waals surface area contributed by atoms with Gasteiger partial charge in [0, 0.05) is 5.02 Å². The summed E-state index contributed by atoms with van der Waals surface area (Å²) >= 11 is 6.07. The molecule has 0 spiro atoms. The molecule has 0 aliphatic carbocycles. The standard InChI is InChI=1S/C19H20ClN3O/c1-4-21-13(3)18-22-17-11-14(20)7-10-16(17)19(24)23(18)15-8-5-12(2)6-9-15/h5-11,13,21H,4H2,1-3H3/t13-/m1/s1. The van der Waals surface area contributed by atoms with Crippen molar-refractivity contribution in [2.45, 2.75) is 26.8 Å². The lowest BCUT2D eigenvalue weighted by molar-refractivity contribution is 0.551. The molecule has 4 nitrogen and oxygen atoms in total. The van der Waals surface area contributed by atoms with Gasteiger partial charge in [-0.2, -0.15) is 0 Å². The summed E-state index contributed by atoms with van der Waals surface area (Å²) in [7, 11) is 0. The summed E-state index contributed by atoms with van der Waals surface area (Å²) in [6.45, 7) is 6.85. The molecule has 0 aliphatic rings. The van der Waals surface area contributed by atoms with Crippen LogP contribution < -0.4 is 10.9 Å². The highest BCUT2D eigenvalue weighted by atomic mass is 35.5. The van der Waals surface area contributed by atoms with Crippen molar-refractivity contribution < 1.29 is 0 Å². The summed E-state index contributed by atoms with van der Waals surface area (Å²) in [6.07, 6.45) is 0. The van der Waals surface area contributed by atoms with Crippen LogP contribution in [0.3, 0.4) is 0 Å². The Kier molecular flexibility index (Phi) is 4.69. The lowest BCUT2D eigenvalue weighted by atomic mass is 10.2. The molecule has 3 rings (SSSR count). The van der Waals surface area contributed by atoms with Crippen LogP contribution in [0, 0.1) is 6.92 Å². The molecule has 0 amide bonds. The predicted octanol–water partition coefficient (Wildman–Crippen LogP) is 4.02. The third kappa shape index (κ3) is 3.07. The fourth-order valence-corrected chi connectivity index (χ4v) is 2.97. The van der Waals surface area contributed by atoms with Crippen molar-refractivity contribution in [3.05, 3.63) is 69.2 Å². The first-order valence-electron chi connectivity index (χ1n) is 8.04. The highest BCUT2D eigenvalue weighted by Crippen LogP contribution is 2.20. The average molecular weight is 342 g/mol. The van der Waals surface area contributed by atoms with Crippen LogP contribution in [0.4, 0.5) is 0 Å². The second kappa shape index (κ2) is 6.75. The zero-order chi connectivity index (χ0) is 17.3. The molecule has 3 aromatic rings. The largest absolute Gasteiger partial charge is 0.308 e. The Morgan fingerprint density at radius 1 is 1.21 bits per heavy atom. The Labute approximate surface area is 146 Å². The van der Waals surface area contributed by atoms with Gasteiger partial charge in [-0.3, -0.25) is 9.36 Å². The van der Waals surface area contributed by atoms with Gasteiger partial charge in [-0.05, 0) is 50.7 Å². The zero-order valence-electron chi connectivity index (χ0n) is 14.0. The Morgan fingerprint density at radius 2 is 1.92 bits per heavy atom. The second-order valence-electron chi connectivity index (χ2n) is 5.89. The maximum atomic E-state index is 13.1. The molecule has 0 fully saturated rings. The van der Waals surface area contributed by atoms with Crippen molar-refractivity contribution in [3.8, 4) is 5.69 Å². The second-order valence-corrected chi connectivity index (χ2v) is 6.32. The van der Waals surface area contributed by atoms with Gasteiger partial charge in [-0.1, -0.05) is 36.2 Å². The number of aryl methyl sites for hydroxylation is 1. The fraction of sp³-hybridized carbons (Fsp3) is 0.263. The van der Waals surface area contributed by atoms with Gasteiger partial charge in [0.05, 0.1) is 22.6 Å². The first-order chi connectivity index (χ1) is 11.5. The van der Waals surface area contributed by atoms with Crippen LogP contribution >= 0.6 is 11.6 Å². The minimum atomic E-state index is -0.0831. The van der Waals surface area contributed by atoms with E-state index in [0.29, 0.717) is 21.7 Å². The van der Waals surface area contributed by atoms with Crippen molar-refractivity contribution in [3.63, 3.8) is 0 Å². The smallest absolute Gasteiger partial charge is 0.266 e. The Morgan fingerprint density at radius 3 is 2.58 bits per heavy atom. The molecular formula is C19H20ClN3O. The van der Waals surface area contributed by atoms with Crippen molar-refractivity contribution in [2.24, 2.45) is 0 Å². The van der Waals surface area contributed by atoms with E-state index in [-0.39, 0.29) is 11.6 Å². The number of aromatic nitrogens is 2. The molecular weight excluding hydrogens is 322 g/mol. The van der Waals surface area contributed by atoms with E-state index in [2.05, 4.69) is 5.32 Å². The molecule has 5 heteroatoms. The third-order valence-electron chi connectivity index (χ3n) is 4.05. The molecule has 1 atom stereocenters. The molecule has 0 unspecified atom stereocenters. The van der Waals surface area contributed by atoms with E-state index < -0.39 is 0 Å². The summed E-state index contributed by atoms with van der Waals surface area (Å²) < 4.78 is 1.68. The van der Waals surface area contributed by atoms with Crippen LogP contribution in [-0.2, 0) is 0 Å². The molecule has 1 N–H and O–H groups in total. The molecule has 24 heavy (non-hydrogen) atoms. The number of halogens is 1. The van der Waals surface area contributed by atoms with Gasteiger partial charge in [0.1, 0.15) is 5.82 Å². The van der Waals surface area contributed by atoms with Crippen molar-refractivity contribution in [1.82, 2.24) is 14.9 Å². The highest BCUT2D eigenvalue weighted by Gasteiger charge is 2.17. The summed E-state index contributed by atoms with van der Waals surface area (Å²) in [6, 6.07) is 13.0. The van der Waals surface area contributed by atoms with Crippen molar-refractivity contribution in [2.75, 3.05) is 6.54 Å². The van der Waals surface area contributed by atoms with Gasteiger partial charge in [-0.15, -0.1) is 0 Å². The van der Waals surface area contributed by atoms with E-state index >= 15 is 0 Å². The third-order valence-corrected chi connectivity index (χ3v) is 4.28. The molecule has 0 bridgehead atoms. The SMILES string of the molecule is CCN[C@H](C)c1nc2cc(Cl)ccc2c(=O)n1-c1ccc(C)cc1. The Hall–Kier alpha value is -2.17. The van der Waals surface area contributed by atoms with Gasteiger partial charge in [0.25, 0.3) is 5.56 Å². The van der Waals surface area contributed by atoms with E-state index in [1.165, 1.54) is 0 Å². The molecule has 0 saturated carbocycles. The maximum Gasteiger partial charge on any atom is 0.266 e. The predicted molar refractivity (Wildman–Crippen MR) is 99.2 cm³/mol. The van der Waals surface area contributed by atoms with Crippen LogP contribution in [0.15, 0.2) is 47.3 Å². The minimum Gasteiger partial charge on any atom is -0.308 e. The van der Waals surface area contributed by atoms with Crippen LogP contribution in [0.1, 0.15) is 31.3 Å². The normalized spacial score (nSPS) is 12.5. The van der Waals surface area contributed by atoms with E-state index in [1.807, 2.05) is 45.0 Å². The van der Waals surface area contributed by atoms with Gasteiger partial charge >= 0.3 is 0 Å².